The summed E-state index contributed by atoms with van der Waals surface area (Å²) < 4.78 is 11.4. The average Bonchev–Trinajstić information content (AvgIpc) is 3.22. The number of halogens is 1. The third kappa shape index (κ3) is 3.26. The SMILES string of the molecule is O=C(C1CC(=O)N(c2cccc(Cl)c2)C1)N1CCC2(CC1)OCCO2. The number of ether oxygens (including phenoxy) is 2. The number of nitrogens with zero attached hydrogens (tertiary/aromatic N) is 2. The molecule has 0 radical (unpaired) electrons. The van der Waals surface area contributed by atoms with Gasteiger partial charge in [0.2, 0.25) is 11.8 Å². The summed E-state index contributed by atoms with van der Waals surface area (Å²) >= 11 is 6.01. The molecule has 3 aliphatic heterocycles. The number of hydrogen-bond donors (Lipinski definition) is 0. The van der Waals surface area contributed by atoms with Gasteiger partial charge < -0.3 is 19.3 Å². The number of hydrogen-bond acceptors (Lipinski definition) is 4. The molecule has 7 heteroatoms. The van der Waals surface area contributed by atoms with E-state index in [9.17, 15) is 9.59 Å². The van der Waals surface area contributed by atoms with Gasteiger partial charge in [0.15, 0.2) is 5.79 Å². The van der Waals surface area contributed by atoms with Crippen molar-refractivity contribution < 1.29 is 19.1 Å². The molecule has 6 nitrogen and oxygen atoms in total. The van der Waals surface area contributed by atoms with Crippen molar-refractivity contribution in [3.05, 3.63) is 29.3 Å². The van der Waals surface area contributed by atoms with Gasteiger partial charge in [0.1, 0.15) is 0 Å². The van der Waals surface area contributed by atoms with E-state index in [1.54, 1.807) is 17.0 Å². The number of amides is 2. The van der Waals surface area contributed by atoms with Crippen LogP contribution in [0.3, 0.4) is 0 Å². The first kappa shape index (κ1) is 16.8. The molecule has 0 N–H and O–H groups in total. The molecule has 4 rings (SSSR count). The van der Waals surface area contributed by atoms with Crippen molar-refractivity contribution in [2.75, 3.05) is 37.7 Å². The maximum absolute atomic E-state index is 12.8. The molecule has 1 aromatic rings. The Morgan fingerprint density at radius 3 is 2.60 bits per heavy atom. The number of carbonyl (C=O) groups excluding carboxylic acids is 2. The molecule has 0 aromatic heterocycles. The Balaban J connectivity index is 1.39. The third-order valence-corrected chi connectivity index (χ3v) is 5.48. The number of anilines is 1. The lowest BCUT2D eigenvalue weighted by atomic mass is 10.0. The van der Waals surface area contributed by atoms with E-state index in [0.717, 1.165) is 5.69 Å². The van der Waals surface area contributed by atoms with E-state index in [1.807, 2.05) is 17.0 Å². The van der Waals surface area contributed by atoms with Crippen LogP contribution in [0.1, 0.15) is 19.3 Å². The molecule has 134 valence electrons. The minimum Gasteiger partial charge on any atom is -0.347 e. The Hall–Kier alpha value is -1.63. The van der Waals surface area contributed by atoms with Gasteiger partial charge in [0.05, 0.1) is 19.1 Å². The molecule has 1 unspecified atom stereocenters. The van der Waals surface area contributed by atoms with Gasteiger partial charge in [0.25, 0.3) is 0 Å². The quantitative estimate of drug-likeness (QED) is 0.806. The maximum atomic E-state index is 12.8. The molecule has 1 aromatic carbocycles. The smallest absolute Gasteiger partial charge is 0.228 e. The van der Waals surface area contributed by atoms with Gasteiger partial charge in [0, 0.05) is 49.6 Å². The predicted octanol–water partition coefficient (Wildman–Crippen LogP) is 2.06. The number of benzene rings is 1. The number of likely N-dealkylation sites (tertiary alicyclic amines) is 1. The summed E-state index contributed by atoms with van der Waals surface area (Å²) in [4.78, 5) is 28.7. The number of carbonyl (C=O) groups is 2. The molecule has 1 spiro atoms. The fourth-order valence-corrected chi connectivity index (χ4v) is 4.06. The second kappa shape index (κ2) is 6.59. The van der Waals surface area contributed by atoms with Crippen LogP contribution in [0.4, 0.5) is 5.69 Å². The highest BCUT2D eigenvalue weighted by atomic mass is 35.5. The zero-order chi connectivity index (χ0) is 17.4. The standard InChI is InChI=1S/C18H21ClN2O4/c19-14-2-1-3-15(11-14)21-12-13(10-16(21)22)17(23)20-6-4-18(5-7-20)24-8-9-25-18/h1-3,11,13H,4-10,12H2. The van der Waals surface area contributed by atoms with Gasteiger partial charge in [-0.1, -0.05) is 17.7 Å². The second-order valence-corrected chi connectivity index (χ2v) is 7.25. The maximum Gasteiger partial charge on any atom is 0.228 e. The fraction of sp³-hybridized carbons (Fsp3) is 0.556. The lowest BCUT2D eigenvalue weighted by molar-refractivity contribution is -0.188. The number of rotatable bonds is 2. The molecule has 3 fully saturated rings. The molecular weight excluding hydrogens is 344 g/mol. The minimum atomic E-state index is -0.491. The lowest BCUT2D eigenvalue weighted by Gasteiger charge is -2.38. The highest BCUT2D eigenvalue weighted by molar-refractivity contribution is 6.30. The summed E-state index contributed by atoms with van der Waals surface area (Å²) in [6.07, 6.45) is 1.63. The normalized spacial score (nSPS) is 25.8. The zero-order valence-corrected chi connectivity index (χ0v) is 14.7. The molecule has 0 saturated carbocycles. The molecular formula is C18H21ClN2O4. The molecule has 2 amide bonds. The van der Waals surface area contributed by atoms with Gasteiger partial charge >= 0.3 is 0 Å². The predicted molar refractivity (Wildman–Crippen MR) is 92.4 cm³/mol. The first-order valence-corrected chi connectivity index (χ1v) is 9.07. The number of piperidine rings is 1. The van der Waals surface area contributed by atoms with E-state index in [0.29, 0.717) is 50.7 Å². The van der Waals surface area contributed by atoms with E-state index >= 15 is 0 Å². The van der Waals surface area contributed by atoms with E-state index in [1.165, 1.54) is 0 Å². The van der Waals surface area contributed by atoms with Crippen LogP contribution < -0.4 is 4.90 Å². The van der Waals surface area contributed by atoms with Crippen LogP contribution in [0, 0.1) is 5.92 Å². The summed E-state index contributed by atoms with van der Waals surface area (Å²) in [5.41, 5.74) is 0.748. The third-order valence-electron chi connectivity index (χ3n) is 5.24. The van der Waals surface area contributed by atoms with E-state index in [4.69, 9.17) is 21.1 Å². The highest BCUT2D eigenvalue weighted by Crippen LogP contribution is 2.33. The van der Waals surface area contributed by atoms with Crippen LogP contribution >= 0.6 is 11.6 Å². The van der Waals surface area contributed by atoms with Crippen LogP contribution in [0.15, 0.2) is 24.3 Å². The minimum absolute atomic E-state index is 0.0310. The van der Waals surface area contributed by atoms with E-state index in [-0.39, 0.29) is 24.2 Å². The molecule has 1 atom stereocenters. The Morgan fingerprint density at radius 1 is 1.20 bits per heavy atom. The van der Waals surface area contributed by atoms with Crippen molar-refractivity contribution >= 4 is 29.1 Å². The Labute approximate surface area is 151 Å². The summed E-state index contributed by atoms with van der Waals surface area (Å²) in [6.45, 7) is 2.88. The first-order valence-electron chi connectivity index (χ1n) is 8.69. The molecule has 3 heterocycles. The monoisotopic (exact) mass is 364 g/mol. The molecule has 3 saturated heterocycles. The summed E-state index contributed by atoms with van der Waals surface area (Å²) in [5.74, 6) is -0.775. The van der Waals surface area contributed by atoms with Gasteiger partial charge in [-0.2, -0.15) is 0 Å². The fourth-order valence-electron chi connectivity index (χ4n) is 3.88. The van der Waals surface area contributed by atoms with Crippen LogP contribution in [0.5, 0.6) is 0 Å². The van der Waals surface area contributed by atoms with E-state index < -0.39 is 5.79 Å². The van der Waals surface area contributed by atoms with Crippen molar-refractivity contribution in [3.63, 3.8) is 0 Å². The molecule has 0 aliphatic carbocycles. The highest BCUT2D eigenvalue weighted by Gasteiger charge is 2.43. The van der Waals surface area contributed by atoms with Gasteiger partial charge in [-0.3, -0.25) is 9.59 Å². The van der Waals surface area contributed by atoms with Crippen LogP contribution in [0.2, 0.25) is 5.02 Å². The lowest BCUT2D eigenvalue weighted by Crippen LogP contribution is -2.49. The average molecular weight is 365 g/mol. The zero-order valence-electron chi connectivity index (χ0n) is 13.9. The topological polar surface area (TPSA) is 59.1 Å². The summed E-state index contributed by atoms with van der Waals surface area (Å²) in [7, 11) is 0. The largest absolute Gasteiger partial charge is 0.347 e. The summed E-state index contributed by atoms with van der Waals surface area (Å²) in [5, 5.41) is 0.581. The Morgan fingerprint density at radius 2 is 1.92 bits per heavy atom. The van der Waals surface area contributed by atoms with Crippen molar-refractivity contribution in [2.45, 2.75) is 25.0 Å². The van der Waals surface area contributed by atoms with Gasteiger partial charge in [-0.05, 0) is 18.2 Å². The van der Waals surface area contributed by atoms with Gasteiger partial charge in [-0.15, -0.1) is 0 Å². The molecule has 25 heavy (non-hydrogen) atoms. The van der Waals surface area contributed by atoms with Crippen LogP contribution in [-0.4, -0.2) is 55.3 Å². The Kier molecular flexibility index (Phi) is 4.43. The van der Waals surface area contributed by atoms with Crippen molar-refractivity contribution in [2.24, 2.45) is 5.92 Å². The molecule has 3 aliphatic rings. The van der Waals surface area contributed by atoms with E-state index in [2.05, 4.69) is 0 Å². The van der Waals surface area contributed by atoms with Crippen molar-refractivity contribution in [3.8, 4) is 0 Å². The Bertz CT molecular complexity index is 679. The molecule has 0 bridgehead atoms. The van der Waals surface area contributed by atoms with Crippen molar-refractivity contribution in [1.82, 2.24) is 4.90 Å². The van der Waals surface area contributed by atoms with Crippen LogP contribution in [0.25, 0.3) is 0 Å². The second-order valence-electron chi connectivity index (χ2n) is 6.82. The van der Waals surface area contributed by atoms with Crippen LogP contribution in [-0.2, 0) is 19.1 Å². The van der Waals surface area contributed by atoms with Gasteiger partial charge in [-0.25, -0.2) is 0 Å². The first-order chi connectivity index (χ1) is 12.1. The van der Waals surface area contributed by atoms with Crippen molar-refractivity contribution in [1.29, 1.82) is 0 Å². The summed E-state index contributed by atoms with van der Waals surface area (Å²) in [6, 6.07) is 7.18.